The van der Waals surface area contributed by atoms with Crippen LogP contribution in [0.4, 0.5) is 0 Å². The van der Waals surface area contributed by atoms with Crippen LogP contribution in [0.5, 0.6) is 11.5 Å². The first-order chi connectivity index (χ1) is 16.4. The van der Waals surface area contributed by atoms with Gasteiger partial charge >= 0.3 is 0 Å². The summed E-state index contributed by atoms with van der Waals surface area (Å²) in [6.45, 7) is 6.27. The number of aromatic hydroxyl groups is 1. The normalized spacial score (nSPS) is 20.6. The fraction of sp³-hybridized carbons (Fsp3) is 0.385. The highest BCUT2D eigenvalue weighted by Crippen LogP contribution is 2.39. The summed E-state index contributed by atoms with van der Waals surface area (Å²) < 4.78 is 10.6. The van der Waals surface area contributed by atoms with Crippen LogP contribution in [0.3, 0.4) is 0 Å². The van der Waals surface area contributed by atoms with Gasteiger partial charge in [0.15, 0.2) is 0 Å². The molecule has 2 aliphatic rings. The topological polar surface area (TPSA) is 104 Å². The smallest absolute Gasteiger partial charge is 0.295 e. The van der Waals surface area contributed by atoms with Crippen LogP contribution >= 0.6 is 0 Å². The number of likely N-dealkylation sites (tertiary alicyclic amines) is 1. The molecule has 4 rings (SSSR count). The van der Waals surface area contributed by atoms with E-state index in [0.29, 0.717) is 35.4 Å². The third-order valence-corrected chi connectivity index (χ3v) is 6.55. The molecule has 2 aromatic rings. The van der Waals surface area contributed by atoms with Gasteiger partial charge in [0.25, 0.3) is 5.91 Å². The molecule has 0 saturated carbocycles. The predicted molar refractivity (Wildman–Crippen MR) is 123 cm³/mol. The Morgan fingerprint density at radius 3 is 2.53 bits per heavy atom. The minimum Gasteiger partial charge on any atom is -0.872 e. The molecule has 0 spiro atoms. The minimum absolute atomic E-state index is 0.0531. The molecule has 8 nitrogen and oxygen atoms in total. The van der Waals surface area contributed by atoms with Gasteiger partial charge < -0.3 is 29.5 Å². The van der Waals surface area contributed by atoms with Crippen LogP contribution in [-0.4, -0.2) is 68.2 Å². The summed E-state index contributed by atoms with van der Waals surface area (Å²) in [5.74, 6) is -1.21. The largest absolute Gasteiger partial charge is 0.872 e. The molecule has 2 heterocycles. The molecule has 1 amide bonds. The van der Waals surface area contributed by atoms with Crippen molar-refractivity contribution in [3.63, 3.8) is 0 Å². The van der Waals surface area contributed by atoms with Crippen LogP contribution in [-0.2, 0) is 14.3 Å². The van der Waals surface area contributed by atoms with Crippen LogP contribution in [0.1, 0.15) is 29.2 Å². The van der Waals surface area contributed by atoms with Gasteiger partial charge in [0, 0.05) is 18.5 Å². The van der Waals surface area contributed by atoms with Crippen molar-refractivity contribution >= 4 is 17.4 Å². The number of quaternary nitrogens is 1. The fourth-order valence-electron chi connectivity index (χ4n) is 4.68. The summed E-state index contributed by atoms with van der Waals surface area (Å²) in [7, 11) is 1.54. The quantitative estimate of drug-likeness (QED) is 0.344. The molecule has 34 heavy (non-hydrogen) atoms. The van der Waals surface area contributed by atoms with E-state index in [1.54, 1.807) is 44.4 Å². The Kier molecular flexibility index (Phi) is 7.19. The van der Waals surface area contributed by atoms with Crippen molar-refractivity contribution in [2.75, 3.05) is 46.5 Å². The van der Waals surface area contributed by atoms with Crippen molar-refractivity contribution in [3.8, 4) is 11.5 Å². The van der Waals surface area contributed by atoms with E-state index in [0.717, 1.165) is 32.8 Å². The zero-order valence-electron chi connectivity index (χ0n) is 19.5. The third-order valence-electron chi connectivity index (χ3n) is 6.55. The van der Waals surface area contributed by atoms with Crippen molar-refractivity contribution in [3.05, 3.63) is 64.7 Å². The van der Waals surface area contributed by atoms with Crippen molar-refractivity contribution in [1.82, 2.24) is 4.90 Å². The number of morpholine rings is 1. The second-order valence-corrected chi connectivity index (χ2v) is 8.71. The first kappa shape index (κ1) is 23.8. The minimum atomic E-state index is -0.797. The highest BCUT2D eigenvalue weighted by molar-refractivity contribution is 6.46. The molecule has 0 aliphatic carbocycles. The number of Topliss-reactive ketones (excluding diaryl/α,β-unsaturated/α-hetero) is 1. The van der Waals surface area contributed by atoms with E-state index < -0.39 is 23.5 Å². The summed E-state index contributed by atoms with van der Waals surface area (Å²) in [4.78, 5) is 29.1. The van der Waals surface area contributed by atoms with Crippen LogP contribution in [0.15, 0.2) is 48.0 Å². The van der Waals surface area contributed by atoms with Crippen LogP contribution in [0.2, 0.25) is 0 Å². The number of carbonyl (C=O) groups is 2. The molecule has 180 valence electrons. The Balaban J connectivity index is 1.69. The summed E-state index contributed by atoms with van der Waals surface area (Å²) in [5.41, 5.74) is 1.59. The lowest BCUT2D eigenvalue weighted by atomic mass is 9.93. The van der Waals surface area contributed by atoms with Gasteiger partial charge in [0.2, 0.25) is 5.78 Å². The average molecular weight is 467 g/mol. The maximum atomic E-state index is 13.6. The second-order valence-electron chi connectivity index (χ2n) is 8.71. The van der Waals surface area contributed by atoms with Gasteiger partial charge in [0.05, 0.1) is 32.9 Å². The van der Waals surface area contributed by atoms with E-state index in [1.807, 2.05) is 0 Å². The molecule has 2 N–H and O–H groups in total. The Labute approximate surface area is 199 Å². The van der Waals surface area contributed by atoms with Gasteiger partial charge in [-0.25, -0.2) is 0 Å². The molecule has 1 unspecified atom stereocenters. The Morgan fingerprint density at radius 1 is 1.18 bits per heavy atom. The zero-order valence-corrected chi connectivity index (χ0v) is 19.5. The fourth-order valence-corrected chi connectivity index (χ4v) is 4.68. The monoisotopic (exact) mass is 466 g/mol. The molecule has 2 aliphatic heterocycles. The molecule has 2 saturated heterocycles. The van der Waals surface area contributed by atoms with E-state index in [1.165, 1.54) is 21.9 Å². The number of methoxy groups -OCH3 is 1. The number of carbonyl (C=O) groups excluding carboxylic acids is 2. The third kappa shape index (κ3) is 4.78. The number of ketones is 1. The highest BCUT2D eigenvalue weighted by Gasteiger charge is 2.44. The standard InChI is InChI=1S/C26H30N2O6/c1-17-16-20(33-2)8-9-21(17)24(30)22-23(18-4-6-19(29)7-5-18)28(26(32)25(22)31)11-3-10-27-12-14-34-15-13-27/h4-9,16,23,29-30H,3,10-15H2,1-2H3. The lowest BCUT2D eigenvalue weighted by molar-refractivity contribution is -0.908. The van der Waals surface area contributed by atoms with E-state index in [2.05, 4.69) is 0 Å². The number of benzene rings is 2. The number of phenols is 1. The maximum absolute atomic E-state index is 13.6. The number of phenolic OH excluding ortho intramolecular Hbond substituents is 1. The second kappa shape index (κ2) is 10.3. The molecule has 1 atom stereocenters. The van der Waals surface area contributed by atoms with Gasteiger partial charge in [-0.3, -0.25) is 9.59 Å². The van der Waals surface area contributed by atoms with Crippen molar-refractivity contribution in [1.29, 1.82) is 0 Å². The molecule has 0 aromatic heterocycles. The Hall–Kier alpha value is -3.36. The summed E-state index contributed by atoms with van der Waals surface area (Å²) >= 11 is 0. The van der Waals surface area contributed by atoms with E-state index >= 15 is 0 Å². The molecular formula is C26H30N2O6. The molecule has 2 fully saturated rings. The Bertz CT molecular complexity index is 1090. The zero-order chi connectivity index (χ0) is 24.2. The first-order valence-electron chi connectivity index (χ1n) is 11.5. The number of nitrogens with zero attached hydrogens (tertiary/aromatic N) is 1. The number of aryl methyl sites for hydroxylation is 1. The van der Waals surface area contributed by atoms with E-state index in [4.69, 9.17) is 9.47 Å². The summed E-state index contributed by atoms with van der Waals surface area (Å²) in [6.07, 6.45) is 0.700. The molecule has 0 radical (unpaired) electrons. The maximum Gasteiger partial charge on any atom is 0.295 e. The lowest BCUT2D eigenvalue weighted by Gasteiger charge is -2.29. The molecular weight excluding hydrogens is 436 g/mol. The van der Waals surface area contributed by atoms with Crippen LogP contribution < -0.4 is 14.7 Å². The van der Waals surface area contributed by atoms with Gasteiger partial charge in [-0.05, 0) is 47.9 Å². The number of hydrogen-bond donors (Lipinski definition) is 2. The number of rotatable bonds is 7. The average Bonchev–Trinajstić information content (AvgIpc) is 3.09. The lowest BCUT2D eigenvalue weighted by Crippen LogP contribution is -3.14. The van der Waals surface area contributed by atoms with Gasteiger partial charge in [-0.2, -0.15) is 0 Å². The molecule has 0 bridgehead atoms. The Morgan fingerprint density at radius 2 is 1.88 bits per heavy atom. The first-order valence-corrected chi connectivity index (χ1v) is 11.5. The van der Waals surface area contributed by atoms with Gasteiger partial charge in [-0.15, -0.1) is 0 Å². The highest BCUT2D eigenvalue weighted by atomic mass is 16.5. The summed E-state index contributed by atoms with van der Waals surface area (Å²) in [5, 5.41) is 23.3. The number of nitrogens with one attached hydrogen (secondary N) is 1. The van der Waals surface area contributed by atoms with Gasteiger partial charge in [0.1, 0.15) is 24.6 Å². The van der Waals surface area contributed by atoms with Crippen molar-refractivity contribution < 1.29 is 34.2 Å². The predicted octanol–water partition coefficient (Wildman–Crippen LogP) is 0.238. The van der Waals surface area contributed by atoms with Crippen molar-refractivity contribution in [2.45, 2.75) is 19.4 Å². The van der Waals surface area contributed by atoms with Crippen LogP contribution in [0, 0.1) is 6.92 Å². The SMILES string of the molecule is COc1ccc(C([O-])=C2C(=O)C(=O)N(CCC[NH+]3CCOCC3)C2c2ccc(O)cc2)c(C)c1. The number of ether oxygens (including phenoxy) is 2. The number of amides is 1. The molecule has 2 aromatic carbocycles. The van der Waals surface area contributed by atoms with Crippen LogP contribution in [0.25, 0.3) is 5.76 Å². The molecule has 8 heteroatoms. The van der Waals surface area contributed by atoms with E-state index in [9.17, 15) is 19.8 Å². The summed E-state index contributed by atoms with van der Waals surface area (Å²) in [6, 6.07) is 10.5. The van der Waals surface area contributed by atoms with Gasteiger partial charge in [-0.1, -0.05) is 24.0 Å². The number of hydrogen-bond acceptors (Lipinski definition) is 6. The van der Waals surface area contributed by atoms with Crippen molar-refractivity contribution in [2.24, 2.45) is 0 Å². The van der Waals surface area contributed by atoms with E-state index in [-0.39, 0.29) is 11.3 Å².